The van der Waals surface area contributed by atoms with E-state index in [4.69, 9.17) is 4.74 Å². The van der Waals surface area contributed by atoms with Crippen LogP contribution in [0.15, 0.2) is 42.6 Å². The van der Waals surface area contributed by atoms with Crippen LogP contribution in [0.3, 0.4) is 0 Å². The fourth-order valence-electron chi connectivity index (χ4n) is 4.97. The normalized spacial score (nSPS) is 18.5. The van der Waals surface area contributed by atoms with Gasteiger partial charge in [-0.2, -0.15) is 0 Å². The largest absolute Gasteiger partial charge is 0.474 e. The van der Waals surface area contributed by atoms with Gasteiger partial charge >= 0.3 is 6.09 Å². The summed E-state index contributed by atoms with van der Waals surface area (Å²) in [5.41, 5.74) is 2.96. The number of fused-ring (bicyclic) bond motifs is 2. The van der Waals surface area contributed by atoms with Crippen LogP contribution in [-0.4, -0.2) is 39.7 Å². The molecule has 0 bridgehead atoms. The fourth-order valence-corrected chi connectivity index (χ4v) is 4.97. The number of hydrogen-bond acceptors (Lipinski definition) is 5. The standard InChI is InChI=1S/C25H26N4O4/c1-15(30)27-23-10-8-18-11-17(7-9-20(18)28-23)19-12-21-24(26-13-19)33-14-22(29(21)25(31)32)16-5-3-2-4-6-16/h7-13,16,22H,2-6,14H2,1H3,(H,31,32)(H,27,28,30). The number of benzene rings is 1. The van der Waals surface area contributed by atoms with E-state index in [2.05, 4.69) is 15.3 Å². The molecule has 2 aliphatic rings. The lowest BCUT2D eigenvalue weighted by Gasteiger charge is -2.40. The third-order valence-electron chi connectivity index (χ3n) is 6.54. The zero-order chi connectivity index (χ0) is 22.9. The van der Waals surface area contributed by atoms with Crippen LogP contribution in [0, 0.1) is 5.92 Å². The number of carboxylic acid groups (broad SMARTS) is 1. The van der Waals surface area contributed by atoms with Crippen molar-refractivity contribution < 1.29 is 19.4 Å². The predicted octanol–water partition coefficient (Wildman–Crippen LogP) is 5.08. The molecule has 0 saturated heterocycles. The average molecular weight is 447 g/mol. The van der Waals surface area contributed by atoms with E-state index in [0.29, 0.717) is 29.9 Å². The Balaban J connectivity index is 1.49. The van der Waals surface area contributed by atoms with Gasteiger partial charge in [-0.25, -0.2) is 14.8 Å². The molecule has 8 heteroatoms. The van der Waals surface area contributed by atoms with E-state index in [1.165, 1.54) is 18.2 Å². The number of amides is 2. The smallest absolute Gasteiger partial charge is 0.412 e. The van der Waals surface area contributed by atoms with Crippen molar-refractivity contribution in [2.75, 3.05) is 16.8 Å². The highest BCUT2D eigenvalue weighted by Gasteiger charge is 2.38. The Labute approximate surface area is 191 Å². The highest BCUT2D eigenvalue weighted by molar-refractivity contribution is 5.93. The number of pyridine rings is 2. The van der Waals surface area contributed by atoms with E-state index in [9.17, 15) is 14.7 Å². The Morgan fingerprint density at radius 3 is 2.67 bits per heavy atom. The predicted molar refractivity (Wildman–Crippen MR) is 126 cm³/mol. The minimum absolute atomic E-state index is 0.171. The summed E-state index contributed by atoms with van der Waals surface area (Å²) in [6.07, 6.45) is 6.27. The molecule has 1 saturated carbocycles. The summed E-state index contributed by atoms with van der Waals surface area (Å²) in [4.78, 5) is 34.0. The molecule has 3 heterocycles. The molecule has 1 unspecified atom stereocenters. The van der Waals surface area contributed by atoms with Gasteiger partial charge < -0.3 is 15.2 Å². The highest BCUT2D eigenvalue weighted by atomic mass is 16.5. The summed E-state index contributed by atoms with van der Waals surface area (Å²) in [7, 11) is 0. The van der Waals surface area contributed by atoms with Gasteiger partial charge in [-0.3, -0.25) is 9.69 Å². The van der Waals surface area contributed by atoms with Crippen LogP contribution in [0.5, 0.6) is 5.88 Å². The summed E-state index contributed by atoms with van der Waals surface area (Å²) in [6.45, 7) is 1.79. The van der Waals surface area contributed by atoms with Crippen LogP contribution in [0.25, 0.3) is 22.0 Å². The second-order valence-electron chi connectivity index (χ2n) is 8.76. The number of anilines is 2. The van der Waals surface area contributed by atoms with Gasteiger partial charge in [0.1, 0.15) is 18.1 Å². The minimum Gasteiger partial charge on any atom is -0.474 e. The van der Waals surface area contributed by atoms with Crippen molar-refractivity contribution in [3.8, 4) is 17.0 Å². The number of nitrogens with zero attached hydrogens (tertiary/aromatic N) is 3. The summed E-state index contributed by atoms with van der Waals surface area (Å²) < 4.78 is 5.92. The van der Waals surface area contributed by atoms with E-state index < -0.39 is 6.09 Å². The van der Waals surface area contributed by atoms with Gasteiger partial charge in [0.15, 0.2) is 0 Å². The zero-order valence-corrected chi connectivity index (χ0v) is 18.5. The maximum absolute atomic E-state index is 12.3. The van der Waals surface area contributed by atoms with Gasteiger partial charge in [0, 0.05) is 24.1 Å². The van der Waals surface area contributed by atoms with Gasteiger partial charge in [-0.05, 0) is 54.7 Å². The molecule has 1 fully saturated rings. The molecule has 1 aromatic carbocycles. The van der Waals surface area contributed by atoms with Gasteiger partial charge in [0.2, 0.25) is 11.8 Å². The van der Waals surface area contributed by atoms with Crippen molar-refractivity contribution in [3.63, 3.8) is 0 Å². The number of carbonyl (C=O) groups excluding carboxylic acids is 1. The molecular weight excluding hydrogens is 420 g/mol. The molecule has 3 aromatic rings. The number of nitrogens with one attached hydrogen (secondary N) is 1. The number of hydrogen-bond donors (Lipinski definition) is 2. The quantitative estimate of drug-likeness (QED) is 0.581. The van der Waals surface area contributed by atoms with Crippen LogP contribution in [0.4, 0.5) is 16.3 Å². The third-order valence-corrected chi connectivity index (χ3v) is 6.54. The van der Waals surface area contributed by atoms with Crippen LogP contribution in [0.2, 0.25) is 0 Å². The molecule has 2 amide bonds. The van der Waals surface area contributed by atoms with Crippen molar-refractivity contribution in [1.82, 2.24) is 9.97 Å². The first-order chi connectivity index (χ1) is 16.0. The van der Waals surface area contributed by atoms with Crippen molar-refractivity contribution in [3.05, 3.63) is 42.6 Å². The fraction of sp³-hybridized carbons (Fsp3) is 0.360. The molecule has 1 aliphatic heterocycles. The van der Waals surface area contributed by atoms with Crippen molar-refractivity contribution in [1.29, 1.82) is 0 Å². The second kappa shape index (κ2) is 8.69. The van der Waals surface area contributed by atoms with Crippen molar-refractivity contribution in [2.24, 2.45) is 5.92 Å². The molecule has 0 spiro atoms. The molecule has 33 heavy (non-hydrogen) atoms. The van der Waals surface area contributed by atoms with Crippen molar-refractivity contribution >= 4 is 34.4 Å². The molecule has 1 aliphatic carbocycles. The molecule has 0 radical (unpaired) electrons. The lowest BCUT2D eigenvalue weighted by Crippen LogP contribution is -2.50. The van der Waals surface area contributed by atoms with Crippen LogP contribution in [0.1, 0.15) is 39.0 Å². The van der Waals surface area contributed by atoms with E-state index in [1.807, 2.05) is 30.3 Å². The van der Waals surface area contributed by atoms with E-state index in [1.54, 1.807) is 12.3 Å². The monoisotopic (exact) mass is 446 g/mol. The molecule has 170 valence electrons. The molecular formula is C25H26N4O4. The van der Waals surface area contributed by atoms with Gasteiger partial charge in [-0.15, -0.1) is 0 Å². The lowest BCUT2D eigenvalue weighted by atomic mass is 9.83. The first kappa shape index (κ1) is 21.2. The number of ether oxygens (including phenoxy) is 1. The summed E-state index contributed by atoms with van der Waals surface area (Å²) >= 11 is 0. The average Bonchev–Trinajstić information content (AvgIpc) is 2.82. The van der Waals surface area contributed by atoms with Crippen LogP contribution in [-0.2, 0) is 4.79 Å². The highest BCUT2D eigenvalue weighted by Crippen LogP contribution is 2.40. The molecule has 5 rings (SSSR count). The number of carbonyl (C=O) groups is 2. The zero-order valence-electron chi connectivity index (χ0n) is 18.5. The summed E-state index contributed by atoms with van der Waals surface area (Å²) in [5, 5.41) is 13.7. The van der Waals surface area contributed by atoms with E-state index in [-0.39, 0.29) is 11.9 Å². The summed E-state index contributed by atoms with van der Waals surface area (Å²) in [6, 6.07) is 11.1. The Hall–Kier alpha value is -3.68. The van der Waals surface area contributed by atoms with Gasteiger partial charge in [-0.1, -0.05) is 25.3 Å². The maximum atomic E-state index is 12.3. The summed E-state index contributed by atoms with van der Waals surface area (Å²) in [5.74, 6) is 0.989. The molecule has 1 atom stereocenters. The molecule has 2 aromatic heterocycles. The molecule has 8 nitrogen and oxygen atoms in total. The minimum atomic E-state index is -0.970. The number of rotatable bonds is 3. The Morgan fingerprint density at radius 1 is 1.09 bits per heavy atom. The van der Waals surface area contributed by atoms with Gasteiger partial charge in [0.05, 0.1) is 11.6 Å². The van der Waals surface area contributed by atoms with Crippen molar-refractivity contribution in [2.45, 2.75) is 45.1 Å². The topological polar surface area (TPSA) is 105 Å². The van der Waals surface area contributed by atoms with Crippen LogP contribution >= 0.6 is 0 Å². The second-order valence-corrected chi connectivity index (χ2v) is 8.76. The SMILES string of the molecule is CC(=O)Nc1ccc2cc(-c3cnc4c(c3)N(C(=O)O)C(C3CCCCC3)CO4)ccc2n1. The first-order valence-electron chi connectivity index (χ1n) is 11.3. The first-order valence-corrected chi connectivity index (χ1v) is 11.3. The maximum Gasteiger partial charge on any atom is 0.412 e. The Morgan fingerprint density at radius 2 is 1.91 bits per heavy atom. The Kier molecular flexibility index (Phi) is 5.58. The van der Waals surface area contributed by atoms with E-state index >= 15 is 0 Å². The van der Waals surface area contributed by atoms with Crippen LogP contribution < -0.4 is 15.0 Å². The third kappa shape index (κ3) is 4.20. The van der Waals surface area contributed by atoms with E-state index in [0.717, 1.165) is 47.7 Å². The lowest BCUT2D eigenvalue weighted by molar-refractivity contribution is -0.114. The molecule has 2 N–H and O–H groups in total. The number of aromatic nitrogens is 2. The van der Waals surface area contributed by atoms with Gasteiger partial charge in [0.25, 0.3) is 0 Å². The Bertz CT molecular complexity index is 1220.